The quantitative estimate of drug-likeness (QED) is 0.616. The number of rotatable bonds is 1. The van der Waals surface area contributed by atoms with E-state index in [1.165, 1.54) is 12.1 Å². The summed E-state index contributed by atoms with van der Waals surface area (Å²) in [4.78, 5) is 0. The second-order valence-electron chi connectivity index (χ2n) is 3.07. The van der Waals surface area contributed by atoms with Gasteiger partial charge in [-0.15, -0.1) is 0 Å². The third-order valence-electron chi connectivity index (χ3n) is 2.24. The fourth-order valence-corrected chi connectivity index (χ4v) is 1.43. The molecule has 1 aliphatic heterocycles. The van der Waals surface area contributed by atoms with Gasteiger partial charge in [-0.05, 0) is 24.6 Å². The average molecular weight is 177 g/mol. The summed E-state index contributed by atoms with van der Waals surface area (Å²) in [6.07, 6.45) is -0.131. The molecule has 0 aromatic heterocycles. The van der Waals surface area contributed by atoms with E-state index in [-0.39, 0.29) is 11.9 Å². The molecule has 1 unspecified atom stereocenters. The van der Waals surface area contributed by atoms with Gasteiger partial charge < -0.3 is 4.74 Å². The number of hydrogen-bond donors (Lipinski definition) is 0. The Bertz CT molecular complexity index is 391. The van der Waals surface area contributed by atoms with Gasteiger partial charge in [0.05, 0.1) is 18.2 Å². The van der Waals surface area contributed by atoms with Crippen molar-refractivity contribution in [2.24, 2.45) is 0 Å². The molecule has 1 fully saturated rings. The number of nitrogens with zero attached hydrogens (tertiary/aromatic N) is 1. The third-order valence-corrected chi connectivity index (χ3v) is 2.24. The largest absolute Gasteiger partial charge is 0.368 e. The van der Waals surface area contributed by atoms with Gasteiger partial charge in [-0.2, -0.15) is 5.26 Å². The zero-order valence-electron chi connectivity index (χ0n) is 7.17. The molecule has 66 valence electrons. The first-order valence-corrected chi connectivity index (χ1v) is 4.04. The van der Waals surface area contributed by atoms with E-state index in [2.05, 4.69) is 0 Å². The van der Waals surface area contributed by atoms with Crippen LogP contribution in [0.15, 0.2) is 12.1 Å². The minimum atomic E-state index is -0.279. The first-order valence-electron chi connectivity index (χ1n) is 4.04. The molecule has 0 amide bonds. The molecule has 1 atom stereocenters. The van der Waals surface area contributed by atoms with Crippen LogP contribution in [0.1, 0.15) is 22.8 Å². The van der Waals surface area contributed by atoms with Crippen molar-refractivity contribution in [1.29, 1.82) is 5.26 Å². The standard InChI is InChI=1S/C10H8FNO/c1-6-7(4-12)2-3-8(11)10(6)9-5-13-9/h2-3,9H,5H2,1H3. The normalized spacial score (nSPS) is 19.6. The summed E-state index contributed by atoms with van der Waals surface area (Å²) in [7, 11) is 0. The molecule has 1 aliphatic rings. The molecule has 0 saturated carbocycles. The van der Waals surface area contributed by atoms with Crippen LogP contribution in [-0.4, -0.2) is 6.61 Å². The first-order chi connectivity index (χ1) is 6.24. The van der Waals surface area contributed by atoms with Crippen molar-refractivity contribution in [2.45, 2.75) is 13.0 Å². The van der Waals surface area contributed by atoms with Crippen molar-refractivity contribution >= 4 is 0 Å². The Hall–Kier alpha value is -1.40. The van der Waals surface area contributed by atoms with Crippen molar-refractivity contribution < 1.29 is 9.13 Å². The Kier molecular flexibility index (Phi) is 1.78. The van der Waals surface area contributed by atoms with Gasteiger partial charge in [-0.3, -0.25) is 0 Å². The maximum absolute atomic E-state index is 13.3. The van der Waals surface area contributed by atoms with Crippen molar-refractivity contribution in [3.63, 3.8) is 0 Å². The van der Waals surface area contributed by atoms with Crippen LogP contribution in [0.5, 0.6) is 0 Å². The lowest BCUT2D eigenvalue weighted by atomic mass is 10.0. The molecule has 1 aromatic rings. The van der Waals surface area contributed by atoms with E-state index in [9.17, 15) is 4.39 Å². The topological polar surface area (TPSA) is 36.3 Å². The SMILES string of the molecule is Cc1c(C#N)ccc(F)c1C1CO1. The van der Waals surface area contributed by atoms with Gasteiger partial charge in [0.2, 0.25) is 0 Å². The minimum Gasteiger partial charge on any atom is -0.368 e. The lowest BCUT2D eigenvalue weighted by molar-refractivity contribution is 0.407. The summed E-state index contributed by atoms with van der Waals surface area (Å²) in [5, 5.41) is 8.72. The van der Waals surface area contributed by atoms with Crippen LogP contribution in [-0.2, 0) is 4.74 Å². The van der Waals surface area contributed by atoms with Gasteiger partial charge in [-0.25, -0.2) is 4.39 Å². The number of epoxide rings is 1. The summed E-state index contributed by atoms with van der Waals surface area (Å²) in [5.74, 6) is -0.279. The number of ether oxygens (including phenoxy) is 1. The molecule has 3 heteroatoms. The second-order valence-corrected chi connectivity index (χ2v) is 3.07. The molecule has 0 spiro atoms. The van der Waals surface area contributed by atoms with Crippen LogP contribution in [0.3, 0.4) is 0 Å². The van der Waals surface area contributed by atoms with E-state index >= 15 is 0 Å². The Morgan fingerprint density at radius 2 is 2.31 bits per heavy atom. The zero-order chi connectivity index (χ0) is 9.42. The van der Waals surface area contributed by atoms with E-state index in [1.54, 1.807) is 6.92 Å². The van der Waals surface area contributed by atoms with Crippen molar-refractivity contribution in [2.75, 3.05) is 6.61 Å². The number of nitriles is 1. The summed E-state index contributed by atoms with van der Waals surface area (Å²) >= 11 is 0. The summed E-state index contributed by atoms with van der Waals surface area (Å²) in [5.41, 5.74) is 1.76. The molecule has 1 saturated heterocycles. The van der Waals surface area contributed by atoms with Gasteiger partial charge in [0.25, 0.3) is 0 Å². The molecule has 1 heterocycles. The van der Waals surface area contributed by atoms with Gasteiger partial charge >= 0.3 is 0 Å². The van der Waals surface area contributed by atoms with Crippen LogP contribution in [0.25, 0.3) is 0 Å². The molecule has 2 nitrogen and oxygen atoms in total. The van der Waals surface area contributed by atoms with Crippen LogP contribution in [0, 0.1) is 24.1 Å². The highest BCUT2D eigenvalue weighted by Crippen LogP contribution is 2.34. The predicted octanol–water partition coefficient (Wildman–Crippen LogP) is 2.08. The maximum Gasteiger partial charge on any atom is 0.129 e. The van der Waals surface area contributed by atoms with Gasteiger partial charge in [-0.1, -0.05) is 0 Å². The molecule has 13 heavy (non-hydrogen) atoms. The highest BCUT2D eigenvalue weighted by Gasteiger charge is 2.30. The van der Waals surface area contributed by atoms with Crippen molar-refractivity contribution in [3.05, 3.63) is 34.6 Å². The average Bonchev–Trinajstić information content (AvgIpc) is 2.89. The zero-order valence-corrected chi connectivity index (χ0v) is 7.17. The lowest BCUT2D eigenvalue weighted by Gasteiger charge is -2.04. The van der Waals surface area contributed by atoms with Crippen LogP contribution < -0.4 is 0 Å². The maximum atomic E-state index is 13.3. The van der Waals surface area contributed by atoms with Crippen molar-refractivity contribution in [3.8, 4) is 6.07 Å². The summed E-state index contributed by atoms with van der Waals surface area (Å²) in [6.45, 7) is 2.31. The molecule has 0 N–H and O–H groups in total. The summed E-state index contributed by atoms with van der Waals surface area (Å²) < 4.78 is 18.3. The fraction of sp³-hybridized carbons (Fsp3) is 0.300. The number of halogens is 1. The molecule has 0 bridgehead atoms. The monoisotopic (exact) mass is 177 g/mol. The highest BCUT2D eigenvalue weighted by molar-refractivity contribution is 5.44. The molecule has 0 radical (unpaired) electrons. The molecular formula is C10H8FNO. The van der Waals surface area contributed by atoms with E-state index in [4.69, 9.17) is 10.00 Å². The molecule has 1 aromatic carbocycles. The van der Waals surface area contributed by atoms with E-state index < -0.39 is 0 Å². The van der Waals surface area contributed by atoms with E-state index in [0.717, 1.165) is 0 Å². The van der Waals surface area contributed by atoms with Gasteiger partial charge in [0.15, 0.2) is 0 Å². The molecule has 0 aliphatic carbocycles. The summed E-state index contributed by atoms with van der Waals surface area (Å²) in [6, 6.07) is 4.84. The molecule has 2 rings (SSSR count). The van der Waals surface area contributed by atoms with E-state index in [1.807, 2.05) is 6.07 Å². The Balaban J connectivity index is 2.58. The Morgan fingerprint density at radius 3 is 2.85 bits per heavy atom. The van der Waals surface area contributed by atoms with Crippen LogP contribution in [0.4, 0.5) is 4.39 Å². The highest BCUT2D eigenvalue weighted by atomic mass is 19.1. The molecular weight excluding hydrogens is 169 g/mol. The van der Waals surface area contributed by atoms with Crippen LogP contribution >= 0.6 is 0 Å². The smallest absolute Gasteiger partial charge is 0.129 e. The third kappa shape index (κ3) is 1.30. The number of hydrogen-bond acceptors (Lipinski definition) is 2. The van der Waals surface area contributed by atoms with Crippen LogP contribution in [0.2, 0.25) is 0 Å². The van der Waals surface area contributed by atoms with Gasteiger partial charge in [0, 0.05) is 5.56 Å². The fourth-order valence-electron chi connectivity index (χ4n) is 1.43. The van der Waals surface area contributed by atoms with Gasteiger partial charge in [0.1, 0.15) is 11.9 Å². The Labute approximate surface area is 75.6 Å². The second kappa shape index (κ2) is 2.82. The van der Waals surface area contributed by atoms with Crippen molar-refractivity contribution in [1.82, 2.24) is 0 Å². The van der Waals surface area contributed by atoms with E-state index in [0.29, 0.717) is 23.3 Å². The number of benzene rings is 1. The lowest BCUT2D eigenvalue weighted by Crippen LogP contribution is -1.95. The minimum absolute atomic E-state index is 0.131. The predicted molar refractivity (Wildman–Crippen MR) is 44.5 cm³/mol. The Morgan fingerprint density at radius 1 is 1.62 bits per heavy atom. The first kappa shape index (κ1) is 8.21.